The monoisotopic (exact) mass is 352 g/mol. The molecule has 0 atom stereocenters. The topological polar surface area (TPSA) is 108 Å². The molecule has 0 spiro atoms. The summed E-state index contributed by atoms with van der Waals surface area (Å²) in [5.41, 5.74) is -0.0754. The Balaban J connectivity index is 0. The Labute approximate surface area is 154 Å². The summed E-state index contributed by atoms with van der Waals surface area (Å²) in [7, 11) is 1.40. The van der Waals surface area contributed by atoms with E-state index in [1.165, 1.54) is 43.5 Å². The number of hydrogen-bond donors (Lipinski definition) is 1. The molecule has 0 aliphatic carbocycles. The zero-order valence-electron chi connectivity index (χ0n) is 13.6. The van der Waals surface area contributed by atoms with E-state index in [0.29, 0.717) is 11.1 Å². The molecule has 0 saturated heterocycles. The maximum atomic E-state index is 13.1. The quantitative estimate of drug-likeness (QED) is 0.794. The van der Waals surface area contributed by atoms with Crippen LogP contribution in [-0.4, -0.2) is 29.1 Å². The number of carboxylic acids is 1. The van der Waals surface area contributed by atoms with E-state index in [1.807, 2.05) is 0 Å². The van der Waals surface area contributed by atoms with E-state index >= 15 is 0 Å². The third-order valence-corrected chi connectivity index (χ3v) is 3.17. The fraction of sp³-hybridized carbons (Fsp3) is 0.188. The molecule has 2 aromatic rings. The number of carbonyl (C=O) groups is 1. The van der Waals surface area contributed by atoms with Crippen LogP contribution < -0.4 is 18.9 Å². The number of halogens is 3. The van der Waals surface area contributed by atoms with Gasteiger partial charge in [0.05, 0.1) is 17.7 Å². The van der Waals surface area contributed by atoms with E-state index in [9.17, 15) is 18.0 Å². The van der Waals surface area contributed by atoms with Gasteiger partial charge in [0.25, 0.3) is 0 Å². The van der Waals surface area contributed by atoms with Crippen molar-refractivity contribution < 1.29 is 57.6 Å². The first-order chi connectivity index (χ1) is 10.3. The van der Waals surface area contributed by atoms with Gasteiger partial charge in [-0.15, -0.1) is 0 Å². The zero-order valence-corrected chi connectivity index (χ0v) is 13.6. The fourth-order valence-electron chi connectivity index (χ4n) is 2.23. The molecule has 132 valence electrons. The summed E-state index contributed by atoms with van der Waals surface area (Å²) in [6.45, 7) is 0.0165. The third-order valence-electron chi connectivity index (χ3n) is 3.17. The minimum absolute atomic E-state index is 0. The first-order valence-electron chi connectivity index (χ1n) is 6.36. The van der Waals surface area contributed by atoms with Crippen LogP contribution in [0.2, 0.25) is 0 Å². The molecule has 0 aliphatic heterocycles. The molecule has 25 heavy (non-hydrogen) atoms. The molecule has 0 saturated carbocycles. The van der Waals surface area contributed by atoms with E-state index in [4.69, 9.17) is 9.84 Å². The maximum Gasteiger partial charge on any atom is 1.00 e. The molecule has 5 nitrogen and oxygen atoms in total. The molecule has 0 heterocycles. The maximum absolute atomic E-state index is 13.1. The molecule has 2 rings (SSSR count). The third kappa shape index (κ3) is 5.88. The number of rotatable bonds is 4. The van der Waals surface area contributed by atoms with Crippen molar-refractivity contribution in [2.24, 2.45) is 0 Å². The standard InChI is InChI=1S/C16H13F3O3.Li.2H2O/c1-22-9-11-8-10(15(20)21)6-7-12(11)13-4-2-3-5-14(13)16(17,18)19;;;/h2-8H,9H2,1H3,(H,20,21);;2*1H2/q;+1;;/p-1. The molecule has 0 radical (unpaired) electrons. The average molecular weight is 352 g/mol. The van der Waals surface area contributed by atoms with Crippen molar-refractivity contribution in [2.75, 3.05) is 7.11 Å². The number of benzene rings is 2. The van der Waals surface area contributed by atoms with Gasteiger partial charge in [0, 0.05) is 7.11 Å². The number of hydrogen-bond acceptors (Lipinski definition) is 3. The first kappa shape index (κ1) is 25.4. The second kappa shape index (κ2) is 10.2. The number of aromatic carboxylic acids is 1. The summed E-state index contributed by atoms with van der Waals surface area (Å²) < 4.78 is 44.4. The number of carboxylic acid groups (broad SMARTS) is 1. The van der Waals surface area contributed by atoms with Crippen molar-refractivity contribution in [3.63, 3.8) is 0 Å². The molecule has 0 aliphatic rings. The van der Waals surface area contributed by atoms with E-state index < -0.39 is 17.7 Å². The van der Waals surface area contributed by atoms with Crippen molar-refractivity contribution in [3.8, 4) is 11.1 Å². The predicted octanol–water partition coefficient (Wildman–Crippen LogP) is 0.220. The first-order valence-corrected chi connectivity index (χ1v) is 6.36. The zero-order chi connectivity index (χ0) is 16.3. The Bertz CT molecular complexity index is 704. The normalized spacial score (nSPS) is 10.1. The van der Waals surface area contributed by atoms with Gasteiger partial charge < -0.3 is 20.8 Å². The molecular formula is C16H16F3LiO5. The summed E-state index contributed by atoms with van der Waals surface area (Å²) in [6, 6.07) is 9.16. The molecule has 0 bridgehead atoms. The van der Waals surface area contributed by atoms with Gasteiger partial charge in [-0.1, -0.05) is 24.3 Å². The number of ether oxygens (including phenoxy) is 1. The van der Waals surface area contributed by atoms with Gasteiger partial charge in [0.15, 0.2) is 0 Å². The van der Waals surface area contributed by atoms with Crippen molar-refractivity contribution in [1.82, 2.24) is 0 Å². The minimum atomic E-state index is -4.49. The van der Waals surface area contributed by atoms with E-state index in [-0.39, 0.29) is 47.5 Å². The summed E-state index contributed by atoms with van der Waals surface area (Å²) >= 11 is 0. The molecular weight excluding hydrogens is 336 g/mol. The Hall–Kier alpha value is -1.82. The van der Waals surface area contributed by atoms with Gasteiger partial charge >= 0.3 is 31.0 Å². The van der Waals surface area contributed by atoms with Crippen LogP contribution in [0.4, 0.5) is 13.2 Å². The average Bonchev–Trinajstić information content (AvgIpc) is 2.46. The van der Waals surface area contributed by atoms with E-state index in [2.05, 4.69) is 0 Å². The fourth-order valence-corrected chi connectivity index (χ4v) is 2.23. The summed E-state index contributed by atoms with van der Waals surface area (Å²) in [5.74, 6) is -1.15. The van der Waals surface area contributed by atoms with Crippen LogP contribution in [0, 0.1) is 0 Å². The second-order valence-electron chi connectivity index (χ2n) is 4.65. The predicted molar refractivity (Wildman–Crippen MR) is 80.1 cm³/mol. The molecule has 0 aromatic heterocycles. The Morgan fingerprint density at radius 3 is 2.24 bits per heavy atom. The van der Waals surface area contributed by atoms with Gasteiger partial charge in [-0.05, 0) is 34.9 Å². The van der Waals surface area contributed by atoms with Gasteiger partial charge in [0.2, 0.25) is 0 Å². The smallest absolute Gasteiger partial charge is 0.870 e. The van der Waals surface area contributed by atoms with Crippen LogP contribution in [0.15, 0.2) is 42.5 Å². The molecule has 9 heteroatoms. The largest absolute Gasteiger partial charge is 1.00 e. The van der Waals surface area contributed by atoms with Crippen molar-refractivity contribution in [2.45, 2.75) is 12.8 Å². The van der Waals surface area contributed by atoms with Crippen molar-refractivity contribution in [1.29, 1.82) is 0 Å². The van der Waals surface area contributed by atoms with Gasteiger partial charge in [0.1, 0.15) is 0 Å². The Morgan fingerprint density at radius 2 is 1.72 bits per heavy atom. The summed E-state index contributed by atoms with van der Waals surface area (Å²) in [4.78, 5) is 11.0. The molecule has 4 N–H and O–H groups in total. The second-order valence-corrected chi connectivity index (χ2v) is 4.65. The number of alkyl halides is 3. The Kier molecular flexibility index (Phi) is 10.4. The molecule has 2 aromatic carbocycles. The van der Waals surface area contributed by atoms with Crippen LogP contribution in [0.5, 0.6) is 0 Å². The van der Waals surface area contributed by atoms with Crippen LogP contribution in [0.3, 0.4) is 0 Å². The SMILES string of the molecule is COCc1cc(C(=O)O)ccc1-c1ccccc1C(F)(F)F.O.[Li+].[OH-]. The minimum Gasteiger partial charge on any atom is -0.870 e. The summed E-state index contributed by atoms with van der Waals surface area (Å²) in [6.07, 6.45) is -4.49. The van der Waals surface area contributed by atoms with Gasteiger partial charge in [-0.3, -0.25) is 0 Å². The van der Waals surface area contributed by atoms with Crippen molar-refractivity contribution >= 4 is 5.97 Å². The molecule has 0 amide bonds. The van der Waals surface area contributed by atoms with Gasteiger partial charge in [-0.2, -0.15) is 13.2 Å². The number of methoxy groups -OCH3 is 1. The van der Waals surface area contributed by atoms with E-state index in [1.54, 1.807) is 0 Å². The summed E-state index contributed by atoms with van der Waals surface area (Å²) in [5, 5.41) is 9.00. The van der Waals surface area contributed by atoms with Gasteiger partial charge in [-0.25, -0.2) is 4.79 Å². The van der Waals surface area contributed by atoms with Crippen molar-refractivity contribution in [3.05, 3.63) is 59.2 Å². The van der Waals surface area contributed by atoms with Crippen LogP contribution in [0.25, 0.3) is 11.1 Å². The molecule has 0 unspecified atom stereocenters. The van der Waals surface area contributed by atoms with Crippen LogP contribution in [0.1, 0.15) is 21.5 Å². The Morgan fingerprint density at radius 1 is 1.12 bits per heavy atom. The van der Waals surface area contributed by atoms with E-state index in [0.717, 1.165) is 6.07 Å². The molecule has 0 fully saturated rings. The van der Waals surface area contributed by atoms with Crippen LogP contribution in [-0.2, 0) is 17.5 Å². The van der Waals surface area contributed by atoms with Crippen LogP contribution >= 0.6 is 0 Å².